The Hall–Kier alpha value is -1.40. The molecule has 23 heavy (non-hydrogen) atoms. The molecule has 2 saturated heterocycles. The number of ether oxygens (including phenoxy) is 1. The zero-order valence-electron chi connectivity index (χ0n) is 14.4. The number of piperidine rings is 1. The summed E-state index contributed by atoms with van der Waals surface area (Å²) in [4.78, 5) is 15.0. The van der Waals surface area contributed by atoms with Crippen LogP contribution in [0.1, 0.15) is 44.3 Å². The topological polar surface area (TPSA) is 59.4 Å². The molecule has 1 aromatic rings. The summed E-state index contributed by atoms with van der Waals surface area (Å²) < 4.78 is 7.65. The number of amides is 1. The van der Waals surface area contributed by atoms with Gasteiger partial charge in [-0.2, -0.15) is 5.10 Å². The second-order valence-electron chi connectivity index (χ2n) is 6.96. The number of likely N-dealkylation sites (tertiary alicyclic amines) is 1. The summed E-state index contributed by atoms with van der Waals surface area (Å²) in [6.07, 6.45) is 3.99. The predicted molar refractivity (Wildman–Crippen MR) is 89.5 cm³/mol. The minimum Gasteiger partial charge on any atom is -0.378 e. The Morgan fingerprint density at radius 1 is 1.35 bits per heavy atom. The van der Waals surface area contributed by atoms with Gasteiger partial charge < -0.3 is 15.0 Å². The van der Waals surface area contributed by atoms with Gasteiger partial charge in [0.2, 0.25) is 5.91 Å². The van der Waals surface area contributed by atoms with Crippen LogP contribution in [-0.2, 0) is 9.53 Å². The first-order valence-corrected chi connectivity index (χ1v) is 8.72. The molecule has 2 atom stereocenters. The lowest BCUT2D eigenvalue weighted by molar-refractivity contribution is -0.127. The van der Waals surface area contributed by atoms with Gasteiger partial charge in [-0.05, 0) is 59.7 Å². The van der Waals surface area contributed by atoms with Gasteiger partial charge in [-0.1, -0.05) is 0 Å². The lowest BCUT2D eigenvalue weighted by atomic mass is 9.94. The fraction of sp³-hybridized carbons (Fsp3) is 0.765. The molecule has 128 valence electrons. The molecule has 1 N–H and O–H groups in total. The highest BCUT2D eigenvalue weighted by Gasteiger charge is 2.30. The van der Waals surface area contributed by atoms with E-state index in [-0.39, 0.29) is 17.9 Å². The van der Waals surface area contributed by atoms with Gasteiger partial charge in [0.05, 0.1) is 23.8 Å². The van der Waals surface area contributed by atoms with E-state index in [0.29, 0.717) is 6.04 Å². The van der Waals surface area contributed by atoms with Crippen molar-refractivity contribution in [1.29, 1.82) is 0 Å². The van der Waals surface area contributed by atoms with E-state index in [0.717, 1.165) is 56.9 Å². The summed E-state index contributed by atoms with van der Waals surface area (Å²) in [5, 5.41) is 7.74. The number of carbonyl (C=O) groups excluding carboxylic acids is 1. The molecule has 2 fully saturated rings. The van der Waals surface area contributed by atoms with Crippen molar-refractivity contribution in [2.24, 2.45) is 5.92 Å². The minimum atomic E-state index is -0.0649. The van der Waals surface area contributed by atoms with Crippen LogP contribution in [-0.4, -0.2) is 53.4 Å². The number of aromatic nitrogens is 2. The van der Waals surface area contributed by atoms with Crippen LogP contribution in [0.3, 0.4) is 0 Å². The Morgan fingerprint density at radius 3 is 2.78 bits per heavy atom. The largest absolute Gasteiger partial charge is 0.378 e. The van der Waals surface area contributed by atoms with Crippen molar-refractivity contribution in [3.05, 3.63) is 11.8 Å². The third kappa shape index (κ3) is 3.75. The summed E-state index contributed by atoms with van der Waals surface area (Å²) in [6, 6.07) is 2.35. The van der Waals surface area contributed by atoms with Crippen LogP contribution in [0.4, 0.5) is 5.82 Å². The van der Waals surface area contributed by atoms with E-state index < -0.39 is 0 Å². The summed E-state index contributed by atoms with van der Waals surface area (Å²) >= 11 is 0. The highest BCUT2D eigenvalue weighted by atomic mass is 16.5. The number of anilines is 1. The van der Waals surface area contributed by atoms with Crippen molar-refractivity contribution < 1.29 is 9.53 Å². The van der Waals surface area contributed by atoms with Gasteiger partial charge in [0, 0.05) is 12.7 Å². The fourth-order valence-corrected chi connectivity index (χ4v) is 3.61. The van der Waals surface area contributed by atoms with Crippen LogP contribution in [0.15, 0.2) is 6.07 Å². The molecule has 0 aromatic carbocycles. The molecule has 1 amide bonds. The van der Waals surface area contributed by atoms with Gasteiger partial charge in [-0.25, -0.2) is 4.68 Å². The second kappa shape index (κ2) is 7.01. The third-order valence-electron chi connectivity index (χ3n) is 5.09. The maximum atomic E-state index is 12.6. The van der Waals surface area contributed by atoms with E-state index in [1.54, 1.807) is 0 Å². The lowest BCUT2D eigenvalue weighted by Gasteiger charge is -2.31. The summed E-state index contributed by atoms with van der Waals surface area (Å²) in [5.41, 5.74) is 0.951. The van der Waals surface area contributed by atoms with E-state index in [9.17, 15) is 4.79 Å². The monoisotopic (exact) mass is 320 g/mol. The van der Waals surface area contributed by atoms with Crippen molar-refractivity contribution >= 4 is 11.7 Å². The van der Waals surface area contributed by atoms with Gasteiger partial charge in [-0.3, -0.25) is 4.79 Å². The first-order chi connectivity index (χ1) is 11.0. The van der Waals surface area contributed by atoms with Crippen LogP contribution in [0.25, 0.3) is 0 Å². The van der Waals surface area contributed by atoms with E-state index in [1.807, 2.05) is 24.6 Å². The van der Waals surface area contributed by atoms with Crippen LogP contribution in [0.2, 0.25) is 0 Å². The minimum absolute atomic E-state index is 0.00968. The average Bonchev–Trinajstić information content (AvgIpc) is 2.89. The fourth-order valence-electron chi connectivity index (χ4n) is 3.61. The highest BCUT2D eigenvalue weighted by Crippen LogP contribution is 2.27. The lowest BCUT2D eigenvalue weighted by Crippen LogP contribution is -2.37. The van der Waals surface area contributed by atoms with Gasteiger partial charge in [-0.15, -0.1) is 0 Å². The number of nitrogens with one attached hydrogen (secondary N) is 1. The van der Waals surface area contributed by atoms with Crippen molar-refractivity contribution in [2.45, 2.75) is 51.7 Å². The summed E-state index contributed by atoms with van der Waals surface area (Å²) in [6.45, 7) is 6.88. The molecule has 2 aliphatic heterocycles. The molecule has 0 radical (unpaired) electrons. The smallest absolute Gasteiger partial charge is 0.231 e. The number of rotatable bonds is 3. The van der Waals surface area contributed by atoms with E-state index in [4.69, 9.17) is 4.74 Å². The molecule has 0 saturated carbocycles. The molecular weight excluding hydrogens is 292 g/mol. The maximum absolute atomic E-state index is 12.6. The van der Waals surface area contributed by atoms with E-state index in [1.165, 1.54) is 0 Å². The molecule has 6 nitrogen and oxygen atoms in total. The van der Waals surface area contributed by atoms with Crippen LogP contribution in [0.5, 0.6) is 0 Å². The number of carbonyl (C=O) groups is 1. The molecule has 0 bridgehead atoms. The number of aryl methyl sites for hydroxylation is 1. The third-order valence-corrected chi connectivity index (χ3v) is 5.09. The molecule has 0 aliphatic carbocycles. The zero-order valence-corrected chi connectivity index (χ0v) is 14.4. The molecule has 0 spiro atoms. The number of hydrogen-bond acceptors (Lipinski definition) is 4. The van der Waals surface area contributed by atoms with Crippen LogP contribution < -0.4 is 5.32 Å². The van der Waals surface area contributed by atoms with E-state index in [2.05, 4.69) is 22.4 Å². The summed E-state index contributed by atoms with van der Waals surface area (Å²) in [5.74, 6) is 0.830. The van der Waals surface area contributed by atoms with Crippen LogP contribution in [0, 0.1) is 12.8 Å². The molecule has 3 heterocycles. The Bertz CT molecular complexity index is 549. The van der Waals surface area contributed by atoms with Crippen molar-refractivity contribution in [1.82, 2.24) is 14.7 Å². The zero-order chi connectivity index (χ0) is 16.4. The first-order valence-electron chi connectivity index (χ1n) is 8.72. The number of hydrogen-bond donors (Lipinski definition) is 1. The Morgan fingerprint density at radius 2 is 2.09 bits per heavy atom. The predicted octanol–water partition coefficient (Wildman–Crippen LogP) is 2.21. The first kappa shape index (κ1) is 16.5. The van der Waals surface area contributed by atoms with Gasteiger partial charge in [0.25, 0.3) is 0 Å². The second-order valence-corrected chi connectivity index (χ2v) is 6.96. The Kier molecular flexibility index (Phi) is 5.02. The van der Waals surface area contributed by atoms with Gasteiger partial charge >= 0.3 is 0 Å². The Labute approximate surface area is 138 Å². The summed E-state index contributed by atoms with van der Waals surface area (Å²) in [7, 11) is 2.15. The van der Waals surface area contributed by atoms with Gasteiger partial charge in [0.15, 0.2) is 0 Å². The van der Waals surface area contributed by atoms with Crippen molar-refractivity contribution in [3.8, 4) is 0 Å². The molecule has 2 aliphatic rings. The SMILES string of the molecule is Cc1cc(NC(=O)C2CCCOC2C)n(C2CCN(C)CC2)n1. The average molecular weight is 320 g/mol. The standard InChI is InChI=1S/C17H28N4O2/c1-12-11-16(18-17(22)15-5-4-10-23-13(15)2)21(19-12)14-6-8-20(3)9-7-14/h11,13-15H,4-10H2,1-3H3,(H,18,22). The Balaban J connectivity index is 1.71. The molecule has 3 rings (SSSR count). The molecule has 6 heteroatoms. The molecule has 2 unspecified atom stereocenters. The van der Waals surface area contributed by atoms with Gasteiger partial charge in [0.1, 0.15) is 5.82 Å². The quantitative estimate of drug-likeness (QED) is 0.928. The van der Waals surface area contributed by atoms with Crippen molar-refractivity contribution in [2.75, 3.05) is 32.1 Å². The number of nitrogens with zero attached hydrogens (tertiary/aromatic N) is 3. The maximum Gasteiger partial charge on any atom is 0.231 e. The van der Waals surface area contributed by atoms with Crippen LogP contribution >= 0.6 is 0 Å². The van der Waals surface area contributed by atoms with Crippen molar-refractivity contribution in [3.63, 3.8) is 0 Å². The molecule has 1 aromatic heterocycles. The normalized spacial score (nSPS) is 27.1. The van der Waals surface area contributed by atoms with E-state index >= 15 is 0 Å². The molecular formula is C17H28N4O2. The highest BCUT2D eigenvalue weighted by molar-refractivity contribution is 5.92.